The summed E-state index contributed by atoms with van der Waals surface area (Å²) in [5.41, 5.74) is 11.4. The Bertz CT molecular complexity index is 2100. The van der Waals surface area contributed by atoms with Gasteiger partial charge in [-0.1, -0.05) is 98.8 Å². The predicted molar refractivity (Wildman–Crippen MR) is 170 cm³/mol. The van der Waals surface area contributed by atoms with Gasteiger partial charge in [0.2, 0.25) is 0 Å². The molecule has 0 spiro atoms. The summed E-state index contributed by atoms with van der Waals surface area (Å²) in [4.78, 5) is 2.45. The molecule has 192 valence electrons. The summed E-state index contributed by atoms with van der Waals surface area (Å²) in [6.45, 7) is 4.73. The number of rotatable bonds is 3. The van der Waals surface area contributed by atoms with Gasteiger partial charge < -0.3 is 9.47 Å². The number of para-hydroxylation sites is 2. The van der Waals surface area contributed by atoms with Crippen molar-refractivity contribution in [2.24, 2.45) is 7.05 Å². The highest BCUT2D eigenvalue weighted by molar-refractivity contribution is 6.12. The Morgan fingerprint density at radius 1 is 0.525 bits per heavy atom. The van der Waals surface area contributed by atoms with Gasteiger partial charge in [0.25, 0.3) is 0 Å². The second-order valence-electron chi connectivity index (χ2n) is 11.5. The molecule has 6 aromatic carbocycles. The van der Waals surface area contributed by atoms with E-state index in [9.17, 15) is 0 Å². The Kier molecular flexibility index (Phi) is 4.82. The van der Waals surface area contributed by atoms with E-state index in [1.165, 1.54) is 60.5 Å². The third kappa shape index (κ3) is 3.11. The fourth-order valence-corrected chi connectivity index (χ4v) is 7.01. The van der Waals surface area contributed by atoms with Crippen molar-refractivity contribution in [2.45, 2.75) is 19.3 Å². The second-order valence-corrected chi connectivity index (χ2v) is 11.5. The maximum absolute atomic E-state index is 2.46. The first-order valence-electron chi connectivity index (χ1n) is 14.0. The highest BCUT2D eigenvalue weighted by Gasteiger charge is 2.37. The highest BCUT2D eigenvalue weighted by atomic mass is 15.1. The average molecular weight is 515 g/mol. The molecule has 2 heteroatoms. The molecule has 0 N–H and O–H groups in total. The van der Waals surface area contributed by atoms with E-state index in [4.69, 9.17) is 0 Å². The number of fused-ring (bicyclic) bond motifs is 8. The lowest BCUT2D eigenvalue weighted by Gasteiger charge is -2.30. The van der Waals surface area contributed by atoms with Crippen LogP contribution in [-0.4, -0.2) is 4.57 Å². The van der Waals surface area contributed by atoms with Crippen LogP contribution >= 0.6 is 0 Å². The third-order valence-electron chi connectivity index (χ3n) is 8.98. The fourth-order valence-electron chi connectivity index (χ4n) is 7.01. The van der Waals surface area contributed by atoms with Crippen molar-refractivity contribution < 1.29 is 0 Å². The molecule has 0 saturated carbocycles. The summed E-state index contributed by atoms with van der Waals surface area (Å²) in [5, 5.41) is 5.12. The lowest BCUT2D eigenvalue weighted by molar-refractivity contribution is 0.661. The van der Waals surface area contributed by atoms with Crippen molar-refractivity contribution in [3.05, 3.63) is 139 Å². The molecule has 8 rings (SSSR count). The van der Waals surface area contributed by atoms with Gasteiger partial charge in [0.05, 0.1) is 5.69 Å². The van der Waals surface area contributed by atoms with E-state index in [-0.39, 0.29) is 5.41 Å². The van der Waals surface area contributed by atoms with Crippen molar-refractivity contribution in [1.29, 1.82) is 0 Å². The van der Waals surface area contributed by atoms with Crippen LogP contribution in [0, 0.1) is 0 Å². The first kappa shape index (κ1) is 23.1. The largest absolute Gasteiger partial charge is 0.344 e. The number of aryl methyl sites for hydroxylation is 1. The Morgan fingerprint density at radius 3 is 2.00 bits per heavy atom. The quantitative estimate of drug-likeness (QED) is 0.228. The van der Waals surface area contributed by atoms with Crippen LogP contribution in [-0.2, 0) is 12.5 Å². The van der Waals surface area contributed by atoms with Crippen molar-refractivity contribution in [1.82, 2.24) is 4.57 Å². The maximum Gasteiger partial charge on any atom is 0.0543 e. The van der Waals surface area contributed by atoms with Crippen LogP contribution in [0.3, 0.4) is 0 Å². The SMILES string of the molecule is Cn1c2ccccc2c2cc(N(c3ccccc3)c3cc4c(c5ccccc35)-c3ccccc3C4(C)C)ccc21. The molecule has 0 amide bonds. The molecule has 0 unspecified atom stereocenters. The molecule has 0 fully saturated rings. The molecule has 2 nitrogen and oxygen atoms in total. The molecule has 1 aliphatic carbocycles. The van der Waals surface area contributed by atoms with Crippen molar-refractivity contribution in [3.8, 4) is 11.1 Å². The first-order valence-corrected chi connectivity index (χ1v) is 14.0. The Hall–Kier alpha value is -4.82. The van der Waals surface area contributed by atoms with Gasteiger partial charge in [-0.2, -0.15) is 0 Å². The maximum atomic E-state index is 2.46. The molecule has 0 saturated heterocycles. The van der Waals surface area contributed by atoms with Crippen LogP contribution in [0.25, 0.3) is 43.7 Å². The van der Waals surface area contributed by atoms with E-state index in [1.807, 2.05) is 0 Å². The molecule has 0 aliphatic heterocycles. The van der Waals surface area contributed by atoms with E-state index in [0.717, 1.165) is 11.4 Å². The second kappa shape index (κ2) is 8.34. The topological polar surface area (TPSA) is 8.17 Å². The van der Waals surface area contributed by atoms with Crippen LogP contribution in [0.15, 0.2) is 127 Å². The molecular formula is C38H30N2. The number of hydrogen-bond acceptors (Lipinski definition) is 1. The number of hydrogen-bond donors (Lipinski definition) is 0. The number of benzene rings is 6. The van der Waals surface area contributed by atoms with Crippen LogP contribution in [0.1, 0.15) is 25.0 Å². The minimum absolute atomic E-state index is 0.0906. The van der Waals surface area contributed by atoms with Gasteiger partial charge in [0, 0.05) is 51.0 Å². The minimum atomic E-state index is -0.0906. The van der Waals surface area contributed by atoms with E-state index in [2.05, 4.69) is 158 Å². The minimum Gasteiger partial charge on any atom is -0.344 e. The van der Waals surface area contributed by atoms with Gasteiger partial charge >= 0.3 is 0 Å². The molecule has 0 atom stereocenters. The standard InChI is InChI=1S/C38H30N2/c1-38(2)32-19-11-9-18-30(32)37-29-17-8-7-15-27(29)36(24-33(37)38)40(25-13-5-4-6-14-25)26-21-22-35-31(23-26)28-16-10-12-20-34(28)39(35)3/h4-24H,1-3H3. The molecule has 40 heavy (non-hydrogen) atoms. The van der Waals surface area contributed by atoms with Gasteiger partial charge in [-0.3, -0.25) is 0 Å². The zero-order valence-electron chi connectivity index (χ0n) is 23.0. The zero-order chi connectivity index (χ0) is 27.0. The number of aromatic nitrogens is 1. The van der Waals surface area contributed by atoms with Crippen LogP contribution < -0.4 is 4.90 Å². The Morgan fingerprint density at radius 2 is 1.18 bits per heavy atom. The van der Waals surface area contributed by atoms with Gasteiger partial charge in [0.1, 0.15) is 0 Å². The van der Waals surface area contributed by atoms with E-state index >= 15 is 0 Å². The van der Waals surface area contributed by atoms with Crippen LogP contribution in [0.4, 0.5) is 17.1 Å². The van der Waals surface area contributed by atoms with Crippen molar-refractivity contribution in [2.75, 3.05) is 4.90 Å². The smallest absolute Gasteiger partial charge is 0.0543 e. The van der Waals surface area contributed by atoms with Gasteiger partial charge in [-0.05, 0) is 70.1 Å². The molecule has 0 bridgehead atoms. The molecule has 1 aliphatic rings. The molecule has 1 aromatic heterocycles. The lowest BCUT2D eigenvalue weighted by Crippen LogP contribution is -2.17. The summed E-state index contributed by atoms with van der Waals surface area (Å²) in [7, 11) is 2.16. The normalized spacial score (nSPS) is 13.6. The van der Waals surface area contributed by atoms with Gasteiger partial charge in [0.15, 0.2) is 0 Å². The summed E-state index contributed by atoms with van der Waals surface area (Å²) in [6.07, 6.45) is 0. The van der Waals surface area contributed by atoms with Crippen LogP contribution in [0.5, 0.6) is 0 Å². The summed E-state index contributed by atoms with van der Waals surface area (Å²) in [6, 6.07) is 46.7. The van der Waals surface area contributed by atoms with E-state index in [0.29, 0.717) is 0 Å². The van der Waals surface area contributed by atoms with E-state index in [1.54, 1.807) is 0 Å². The van der Waals surface area contributed by atoms with Crippen molar-refractivity contribution >= 4 is 49.6 Å². The summed E-state index contributed by atoms with van der Waals surface area (Å²) in [5.74, 6) is 0. The number of anilines is 3. The lowest BCUT2D eigenvalue weighted by atomic mass is 9.81. The summed E-state index contributed by atoms with van der Waals surface area (Å²) < 4.78 is 2.30. The highest BCUT2D eigenvalue weighted by Crippen LogP contribution is 2.54. The molecule has 7 aromatic rings. The molecule has 1 heterocycles. The zero-order valence-corrected chi connectivity index (χ0v) is 23.0. The van der Waals surface area contributed by atoms with Gasteiger partial charge in [-0.25, -0.2) is 0 Å². The molecule has 0 radical (unpaired) electrons. The summed E-state index contributed by atoms with van der Waals surface area (Å²) >= 11 is 0. The Balaban J connectivity index is 1.46. The third-order valence-corrected chi connectivity index (χ3v) is 8.98. The predicted octanol–water partition coefficient (Wildman–Crippen LogP) is 10.3. The molecular weight excluding hydrogens is 484 g/mol. The number of nitrogens with zero attached hydrogens (tertiary/aromatic N) is 2. The van der Waals surface area contributed by atoms with Crippen molar-refractivity contribution in [3.63, 3.8) is 0 Å². The monoisotopic (exact) mass is 514 g/mol. The first-order chi connectivity index (χ1) is 19.5. The Labute approximate surface area is 234 Å². The van der Waals surface area contributed by atoms with Gasteiger partial charge in [-0.15, -0.1) is 0 Å². The van der Waals surface area contributed by atoms with Crippen LogP contribution in [0.2, 0.25) is 0 Å². The van der Waals surface area contributed by atoms with E-state index < -0.39 is 0 Å². The fraction of sp³-hybridized carbons (Fsp3) is 0.105. The average Bonchev–Trinajstić information content (AvgIpc) is 3.41.